The monoisotopic (exact) mass is 427 g/mol. The van der Waals surface area contributed by atoms with E-state index in [4.69, 9.17) is 16.3 Å². The summed E-state index contributed by atoms with van der Waals surface area (Å²) in [7, 11) is 0. The number of benzene rings is 1. The molecule has 1 aromatic rings. The highest BCUT2D eigenvalue weighted by atomic mass is 35.5. The lowest BCUT2D eigenvalue weighted by Gasteiger charge is -2.39. The SMILES string of the molecule is CC1=C(C(=O)OC2CCCCC2)[C@@H](c2cccc(Cl)c2)C2=C(CC(C)(C)CC2=O)N1. The molecule has 1 N–H and O–H groups in total. The quantitative estimate of drug-likeness (QED) is 0.617. The summed E-state index contributed by atoms with van der Waals surface area (Å²) in [5, 5.41) is 3.98. The molecule has 1 aliphatic heterocycles. The molecule has 160 valence electrons. The Hall–Kier alpha value is -2.07. The Morgan fingerprint density at radius 3 is 2.60 bits per heavy atom. The van der Waals surface area contributed by atoms with Gasteiger partial charge in [0.05, 0.1) is 5.57 Å². The average Bonchev–Trinajstić information content (AvgIpc) is 2.66. The molecular formula is C25H30ClNO3. The second kappa shape index (κ2) is 8.22. The third-order valence-electron chi connectivity index (χ3n) is 6.47. The maximum absolute atomic E-state index is 13.4. The molecule has 0 amide bonds. The largest absolute Gasteiger partial charge is 0.459 e. The first-order valence-electron chi connectivity index (χ1n) is 11.0. The summed E-state index contributed by atoms with van der Waals surface area (Å²) in [4.78, 5) is 26.6. The van der Waals surface area contributed by atoms with E-state index in [2.05, 4.69) is 19.2 Å². The van der Waals surface area contributed by atoms with Gasteiger partial charge in [-0.3, -0.25) is 4.79 Å². The number of ketones is 1. The van der Waals surface area contributed by atoms with Gasteiger partial charge in [-0.25, -0.2) is 4.79 Å². The highest BCUT2D eigenvalue weighted by molar-refractivity contribution is 6.30. The Morgan fingerprint density at radius 2 is 1.90 bits per heavy atom. The topological polar surface area (TPSA) is 55.4 Å². The first-order chi connectivity index (χ1) is 14.2. The molecular weight excluding hydrogens is 398 g/mol. The minimum absolute atomic E-state index is 0.0390. The highest BCUT2D eigenvalue weighted by Crippen LogP contribution is 2.47. The fourth-order valence-electron chi connectivity index (χ4n) is 5.12. The van der Waals surface area contributed by atoms with E-state index in [9.17, 15) is 9.59 Å². The second-order valence-electron chi connectivity index (χ2n) is 9.65. The molecule has 1 fully saturated rings. The Balaban J connectivity index is 1.76. The number of ether oxygens (including phenoxy) is 1. The number of esters is 1. The van der Waals surface area contributed by atoms with Crippen molar-refractivity contribution in [3.05, 3.63) is 57.4 Å². The van der Waals surface area contributed by atoms with Gasteiger partial charge in [0, 0.05) is 34.3 Å². The number of nitrogens with one attached hydrogen (secondary N) is 1. The van der Waals surface area contributed by atoms with Crippen LogP contribution in [-0.4, -0.2) is 17.9 Å². The van der Waals surface area contributed by atoms with Crippen molar-refractivity contribution >= 4 is 23.4 Å². The third-order valence-corrected chi connectivity index (χ3v) is 6.70. The Labute approximate surface area is 183 Å². The Morgan fingerprint density at radius 1 is 1.17 bits per heavy atom. The van der Waals surface area contributed by atoms with E-state index >= 15 is 0 Å². The number of dihydropyridines is 1. The van der Waals surface area contributed by atoms with E-state index in [1.807, 2.05) is 31.2 Å². The predicted molar refractivity (Wildman–Crippen MR) is 118 cm³/mol. The second-order valence-corrected chi connectivity index (χ2v) is 10.1. The molecule has 0 spiro atoms. The van der Waals surface area contributed by atoms with Crippen LogP contribution < -0.4 is 5.32 Å². The standard InChI is InChI=1S/C25H30ClNO3/c1-15-21(24(29)30-18-10-5-4-6-11-18)22(16-8-7-9-17(26)12-16)23-19(27-15)13-25(2,3)14-20(23)28/h7-9,12,18,22,27H,4-6,10-11,13-14H2,1-3H3/t22-/m1/s1. The van der Waals surface area contributed by atoms with Crippen LogP contribution in [0.5, 0.6) is 0 Å². The maximum Gasteiger partial charge on any atom is 0.337 e. The summed E-state index contributed by atoms with van der Waals surface area (Å²) >= 11 is 6.29. The van der Waals surface area contributed by atoms with Crippen LogP contribution in [0.1, 0.15) is 77.2 Å². The van der Waals surface area contributed by atoms with E-state index in [0.29, 0.717) is 22.6 Å². The summed E-state index contributed by atoms with van der Waals surface area (Å²) in [5.41, 5.74) is 3.67. The number of hydrogen-bond acceptors (Lipinski definition) is 4. The zero-order valence-corrected chi connectivity index (χ0v) is 18.8. The van der Waals surface area contributed by atoms with Crippen molar-refractivity contribution in [2.24, 2.45) is 5.41 Å². The summed E-state index contributed by atoms with van der Waals surface area (Å²) in [6, 6.07) is 7.48. The van der Waals surface area contributed by atoms with Crippen molar-refractivity contribution in [1.82, 2.24) is 5.32 Å². The summed E-state index contributed by atoms with van der Waals surface area (Å²) in [6.07, 6.45) is 6.40. The van der Waals surface area contributed by atoms with Gasteiger partial charge in [-0.05, 0) is 62.1 Å². The van der Waals surface area contributed by atoms with Crippen LogP contribution in [0.2, 0.25) is 5.02 Å². The first kappa shape index (κ1) is 21.2. The number of rotatable bonds is 3. The van der Waals surface area contributed by atoms with Gasteiger partial charge in [-0.1, -0.05) is 44.0 Å². The maximum atomic E-state index is 13.4. The molecule has 1 atom stereocenters. The molecule has 1 aromatic carbocycles. The van der Waals surface area contributed by atoms with Crippen LogP contribution in [-0.2, 0) is 14.3 Å². The van der Waals surface area contributed by atoms with Crippen molar-refractivity contribution in [3.8, 4) is 0 Å². The average molecular weight is 428 g/mol. The number of allylic oxidation sites excluding steroid dienone is 3. The van der Waals surface area contributed by atoms with Crippen LogP contribution in [0, 0.1) is 5.41 Å². The van der Waals surface area contributed by atoms with Gasteiger partial charge < -0.3 is 10.1 Å². The number of carbonyl (C=O) groups is 2. The zero-order chi connectivity index (χ0) is 21.5. The van der Waals surface area contributed by atoms with Crippen LogP contribution in [0.3, 0.4) is 0 Å². The van der Waals surface area contributed by atoms with Crippen LogP contribution in [0.25, 0.3) is 0 Å². The van der Waals surface area contributed by atoms with Gasteiger partial charge in [-0.2, -0.15) is 0 Å². The third kappa shape index (κ3) is 4.20. The molecule has 0 bridgehead atoms. The zero-order valence-electron chi connectivity index (χ0n) is 18.0. The number of halogens is 1. The minimum Gasteiger partial charge on any atom is -0.459 e. The fraction of sp³-hybridized carbons (Fsp3) is 0.520. The smallest absolute Gasteiger partial charge is 0.337 e. The van der Waals surface area contributed by atoms with Gasteiger partial charge in [-0.15, -0.1) is 0 Å². The summed E-state index contributed by atoms with van der Waals surface area (Å²) in [6.45, 7) is 6.12. The van der Waals surface area contributed by atoms with E-state index in [1.54, 1.807) is 0 Å². The van der Waals surface area contributed by atoms with Crippen LogP contribution in [0.4, 0.5) is 0 Å². The van der Waals surface area contributed by atoms with Gasteiger partial charge in [0.1, 0.15) is 6.10 Å². The number of carbonyl (C=O) groups excluding carboxylic acids is 2. The molecule has 1 heterocycles. The molecule has 0 unspecified atom stereocenters. The molecule has 0 radical (unpaired) electrons. The first-order valence-corrected chi connectivity index (χ1v) is 11.3. The van der Waals surface area contributed by atoms with Crippen LogP contribution >= 0.6 is 11.6 Å². The van der Waals surface area contributed by atoms with Crippen molar-refractivity contribution in [1.29, 1.82) is 0 Å². The van der Waals surface area contributed by atoms with Crippen molar-refractivity contribution < 1.29 is 14.3 Å². The van der Waals surface area contributed by atoms with Crippen molar-refractivity contribution in [2.45, 2.75) is 77.7 Å². The summed E-state index contributed by atoms with van der Waals surface area (Å²) in [5.74, 6) is -0.671. The number of Topliss-reactive ketones (excluding diaryl/α,β-unsaturated/α-hetero) is 1. The molecule has 2 aliphatic carbocycles. The molecule has 0 aromatic heterocycles. The predicted octanol–water partition coefficient (Wildman–Crippen LogP) is 5.82. The molecule has 4 nitrogen and oxygen atoms in total. The number of hydrogen-bond donors (Lipinski definition) is 1. The Bertz CT molecular complexity index is 937. The lowest BCUT2D eigenvalue weighted by Crippen LogP contribution is -2.39. The lowest BCUT2D eigenvalue weighted by atomic mass is 9.68. The molecule has 1 saturated carbocycles. The Kier molecular flexibility index (Phi) is 5.80. The van der Waals surface area contributed by atoms with Crippen molar-refractivity contribution in [2.75, 3.05) is 0 Å². The van der Waals surface area contributed by atoms with E-state index in [0.717, 1.165) is 49.1 Å². The molecule has 0 saturated heterocycles. The normalized spacial score (nSPS) is 24.4. The molecule has 30 heavy (non-hydrogen) atoms. The van der Waals surface area contributed by atoms with Gasteiger partial charge in [0.25, 0.3) is 0 Å². The van der Waals surface area contributed by atoms with Gasteiger partial charge in [0.15, 0.2) is 5.78 Å². The molecule has 4 rings (SSSR count). The van der Waals surface area contributed by atoms with Crippen LogP contribution in [0.15, 0.2) is 46.8 Å². The fourth-order valence-corrected chi connectivity index (χ4v) is 5.32. The van der Waals surface area contributed by atoms with Crippen molar-refractivity contribution in [3.63, 3.8) is 0 Å². The summed E-state index contributed by atoms with van der Waals surface area (Å²) < 4.78 is 5.94. The van der Waals surface area contributed by atoms with Gasteiger partial charge >= 0.3 is 5.97 Å². The van der Waals surface area contributed by atoms with E-state index < -0.39 is 5.92 Å². The van der Waals surface area contributed by atoms with E-state index in [-0.39, 0.29) is 23.3 Å². The van der Waals surface area contributed by atoms with Gasteiger partial charge in [0.2, 0.25) is 0 Å². The molecule has 3 aliphatic rings. The van der Waals surface area contributed by atoms with E-state index in [1.165, 1.54) is 6.42 Å². The molecule has 5 heteroatoms. The highest BCUT2D eigenvalue weighted by Gasteiger charge is 2.43. The lowest BCUT2D eigenvalue weighted by molar-refractivity contribution is -0.146. The minimum atomic E-state index is -0.445.